The van der Waals surface area contributed by atoms with E-state index >= 15 is 0 Å². The van der Waals surface area contributed by atoms with Crippen LogP contribution in [0.1, 0.15) is 60.1 Å². The topological polar surface area (TPSA) is 113 Å². The maximum absolute atomic E-state index is 12.0. The van der Waals surface area contributed by atoms with Crippen LogP contribution in [0.2, 0.25) is 5.02 Å². The Hall–Kier alpha value is -3.46. The van der Waals surface area contributed by atoms with E-state index in [1.165, 1.54) is 12.8 Å². The summed E-state index contributed by atoms with van der Waals surface area (Å²) in [5.74, 6) is 1.24. The lowest BCUT2D eigenvalue weighted by molar-refractivity contribution is 0.110. The molecule has 3 aromatic rings. The zero-order chi connectivity index (χ0) is 26.6. The first kappa shape index (κ1) is 26.2. The van der Waals surface area contributed by atoms with Gasteiger partial charge in [-0.05, 0) is 62.8 Å². The Morgan fingerprint density at radius 3 is 2.55 bits per heavy atom. The summed E-state index contributed by atoms with van der Waals surface area (Å²) in [5.41, 5.74) is 4.43. The molecule has 0 spiro atoms. The third-order valence-corrected chi connectivity index (χ3v) is 7.99. The first-order valence-corrected chi connectivity index (χ1v) is 13.6. The molecule has 0 radical (unpaired) electrons. The second kappa shape index (κ2) is 11.5. The van der Waals surface area contributed by atoms with Crippen molar-refractivity contribution in [3.8, 4) is 11.3 Å². The van der Waals surface area contributed by atoms with Gasteiger partial charge in [-0.3, -0.25) is 9.48 Å². The summed E-state index contributed by atoms with van der Waals surface area (Å²) in [6.45, 7) is 0.427. The number of benzene rings is 1. The zero-order valence-corrected chi connectivity index (χ0v) is 22.3. The Morgan fingerprint density at radius 2 is 1.89 bits per heavy atom. The molecule has 38 heavy (non-hydrogen) atoms. The summed E-state index contributed by atoms with van der Waals surface area (Å²) in [7, 11) is 1.96. The lowest BCUT2D eigenvalue weighted by Gasteiger charge is -2.35. The number of aromatic nitrogens is 4. The Balaban J connectivity index is 1.19. The fourth-order valence-corrected chi connectivity index (χ4v) is 5.48. The van der Waals surface area contributed by atoms with Crippen molar-refractivity contribution in [2.24, 2.45) is 13.0 Å². The Labute approximate surface area is 227 Å². The van der Waals surface area contributed by atoms with E-state index in [0.29, 0.717) is 41.1 Å². The lowest BCUT2D eigenvalue weighted by atomic mass is 9.90. The van der Waals surface area contributed by atoms with Crippen LogP contribution in [0.15, 0.2) is 36.7 Å². The first-order valence-electron chi connectivity index (χ1n) is 13.2. The number of carboxylic acid groups (broad SMARTS) is 1. The number of aryl methyl sites for hydroxylation is 1. The molecule has 2 saturated carbocycles. The standard InChI is InChI=1S/C28H33ClN6O3/c1-34-25(14-19-4-5-19)23(15-31-34)26-24(29)16-30-27(33-26)32-21-8-10-22(11-9-21)35(28(37)38)13-12-18-2-6-20(17-36)7-3-18/h2-3,6-7,15-17,19,21-22H,4-5,8-14H2,1H3,(H,37,38)(H,30,32,33). The van der Waals surface area contributed by atoms with Crippen LogP contribution in [-0.4, -0.2) is 60.8 Å². The highest BCUT2D eigenvalue weighted by Crippen LogP contribution is 2.37. The molecule has 0 aliphatic heterocycles. The number of anilines is 1. The number of carbonyl (C=O) groups is 2. The van der Waals surface area contributed by atoms with E-state index in [4.69, 9.17) is 16.6 Å². The summed E-state index contributed by atoms with van der Waals surface area (Å²) in [5, 5.41) is 18.3. The fraction of sp³-hybridized carbons (Fsp3) is 0.464. The molecule has 2 fully saturated rings. The molecule has 0 saturated heterocycles. The number of amides is 1. The number of hydrogen-bond acceptors (Lipinski definition) is 6. The molecule has 0 bridgehead atoms. The van der Waals surface area contributed by atoms with Gasteiger partial charge in [0, 0.05) is 42.5 Å². The van der Waals surface area contributed by atoms with Crippen molar-refractivity contribution >= 4 is 29.9 Å². The van der Waals surface area contributed by atoms with E-state index in [-0.39, 0.29) is 12.1 Å². The van der Waals surface area contributed by atoms with Crippen LogP contribution < -0.4 is 5.32 Å². The second-order valence-corrected chi connectivity index (χ2v) is 10.8. The Bertz CT molecular complexity index is 1280. The predicted molar refractivity (Wildman–Crippen MR) is 146 cm³/mol. The van der Waals surface area contributed by atoms with Gasteiger partial charge in [-0.15, -0.1) is 0 Å². The second-order valence-electron chi connectivity index (χ2n) is 10.4. The maximum Gasteiger partial charge on any atom is 0.407 e. The summed E-state index contributed by atoms with van der Waals surface area (Å²) < 4.78 is 1.91. The number of nitrogens with one attached hydrogen (secondary N) is 1. The van der Waals surface area contributed by atoms with Gasteiger partial charge in [0.2, 0.25) is 5.95 Å². The van der Waals surface area contributed by atoms with Crippen LogP contribution in [0.3, 0.4) is 0 Å². The molecular formula is C28H33ClN6O3. The molecule has 2 heterocycles. The van der Waals surface area contributed by atoms with Gasteiger partial charge >= 0.3 is 6.09 Å². The van der Waals surface area contributed by atoms with Crippen LogP contribution >= 0.6 is 11.6 Å². The van der Waals surface area contributed by atoms with Gasteiger partial charge in [0.15, 0.2) is 0 Å². The van der Waals surface area contributed by atoms with E-state index in [0.717, 1.165) is 55.2 Å². The monoisotopic (exact) mass is 536 g/mol. The van der Waals surface area contributed by atoms with Crippen LogP contribution in [0.4, 0.5) is 10.7 Å². The maximum atomic E-state index is 12.0. The molecule has 2 N–H and O–H groups in total. The quantitative estimate of drug-likeness (QED) is 0.340. The summed E-state index contributed by atoms with van der Waals surface area (Å²) in [4.78, 5) is 33.6. The minimum Gasteiger partial charge on any atom is -0.465 e. The van der Waals surface area contributed by atoms with Crippen molar-refractivity contribution in [2.45, 2.75) is 63.5 Å². The number of aldehydes is 1. The molecule has 2 aliphatic rings. The first-order chi connectivity index (χ1) is 18.4. The predicted octanol–water partition coefficient (Wildman–Crippen LogP) is 5.24. The van der Waals surface area contributed by atoms with Gasteiger partial charge in [0.25, 0.3) is 0 Å². The molecule has 9 nitrogen and oxygen atoms in total. The molecule has 1 amide bonds. The minimum atomic E-state index is -0.893. The van der Waals surface area contributed by atoms with Gasteiger partial charge in [-0.1, -0.05) is 35.9 Å². The third-order valence-electron chi connectivity index (χ3n) is 7.71. The van der Waals surface area contributed by atoms with Crippen LogP contribution in [-0.2, 0) is 19.9 Å². The SMILES string of the molecule is Cn1ncc(-c2nc(NC3CCC(N(CCc4ccc(C=O)cc4)C(=O)O)CC3)ncc2Cl)c1CC1CC1. The molecule has 1 aromatic carbocycles. The van der Waals surface area contributed by atoms with E-state index in [1.54, 1.807) is 23.2 Å². The van der Waals surface area contributed by atoms with Crippen molar-refractivity contribution < 1.29 is 14.7 Å². The smallest absolute Gasteiger partial charge is 0.407 e. The van der Waals surface area contributed by atoms with E-state index in [9.17, 15) is 14.7 Å². The van der Waals surface area contributed by atoms with Gasteiger partial charge in [0.1, 0.15) is 6.29 Å². The highest BCUT2D eigenvalue weighted by Gasteiger charge is 2.30. The van der Waals surface area contributed by atoms with Gasteiger partial charge in [-0.2, -0.15) is 5.10 Å². The van der Waals surface area contributed by atoms with Crippen molar-refractivity contribution in [3.05, 3.63) is 58.5 Å². The normalized spacial score (nSPS) is 19.2. The van der Waals surface area contributed by atoms with Gasteiger partial charge < -0.3 is 15.3 Å². The third kappa shape index (κ3) is 6.15. The number of carbonyl (C=O) groups excluding carboxylic acids is 1. The Kier molecular flexibility index (Phi) is 7.93. The molecular weight excluding hydrogens is 504 g/mol. The van der Waals surface area contributed by atoms with E-state index in [2.05, 4.69) is 15.4 Å². The fourth-order valence-electron chi connectivity index (χ4n) is 5.28. The average molecular weight is 537 g/mol. The van der Waals surface area contributed by atoms with E-state index < -0.39 is 6.09 Å². The molecule has 5 rings (SSSR count). The average Bonchev–Trinajstić information content (AvgIpc) is 3.68. The number of rotatable bonds is 10. The molecule has 200 valence electrons. The highest BCUT2D eigenvalue weighted by atomic mass is 35.5. The number of hydrogen-bond donors (Lipinski definition) is 2. The van der Waals surface area contributed by atoms with Gasteiger partial charge in [-0.25, -0.2) is 14.8 Å². The Morgan fingerprint density at radius 1 is 1.16 bits per heavy atom. The highest BCUT2D eigenvalue weighted by molar-refractivity contribution is 6.33. The van der Waals surface area contributed by atoms with Crippen LogP contribution in [0.5, 0.6) is 0 Å². The van der Waals surface area contributed by atoms with Crippen molar-refractivity contribution in [1.82, 2.24) is 24.6 Å². The van der Waals surface area contributed by atoms with Crippen molar-refractivity contribution in [2.75, 3.05) is 11.9 Å². The molecule has 2 aliphatic carbocycles. The van der Waals surface area contributed by atoms with Gasteiger partial charge in [0.05, 0.1) is 23.1 Å². The lowest BCUT2D eigenvalue weighted by Crippen LogP contribution is -2.44. The van der Waals surface area contributed by atoms with Crippen molar-refractivity contribution in [3.63, 3.8) is 0 Å². The summed E-state index contributed by atoms with van der Waals surface area (Å²) in [6.07, 6.45) is 10.7. The molecule has 0 atom stereocenters. The molecule has 0 unspecified atom stereocenters. The van der Waals surface area contributed by atoms with E-state index in [1.807, 2.05) is 30.1 Å². The largest absolute Gasteiger partial charge is 0.465 e. The van der Waals surface area contributed by atoms with Crippen molar-refractivity contribution in [1.29, 1.82) is 0 Å². The molecule has 10 heteroatoms. The summed E-state index contributed by atoms with van der Waals surface area (Å²) >= 11 is 6.51. The summed E-state index contributed by atoms with van der Waals surface area (Å²) in [6, 6.07) is 7.41. The molecule has 2 aromatic heterocycles. The number of nitrogens with zero attached hydrogens (tertiary/aromatic N) is 5. The minimum absolute atomic E-state index is 0.0260. The van der Waals surface area contributed by atoms with Crippen LogP contribution in [0.25, 0.3) is 11.3 Å². The zero-order valence-electron chi connectivity index (χ0n) is 21.5. The van der Waals surface area contributed by atoms with Crippen LogP contribution in [0, 0.1) is 5.92 Å². The number of halogens is 1.